The Bertz CT molecular complexity index is 1240. The van der Waals surface area contributed by atoms with Gasteiger partial charge in [0.1, 0.15) is 5.82 Å². The van der Waals surface area contributed by atoms with Crippen molar-refractivity contribution in [1.82, 2.24) is 25.0 Å². The highest BCUT2D eigenvalue weighted by Crippen LogP contribution is 2.28. The molecule has 1 aromatic carbocycles. The normalized spacial score (nSPS) is 11.5. The quantitative estimate of drug-likeness (QED) is 0.448. The van der Waals surface area contributed by atoms with Crippen LogP contribution < -0.4 is 10.2 Å². The lowest BCUT2D eigenvalue weighted by Gasteiger charge is -2.29. The summed E-state index contributed by atoms with van der Waals surface area (Å²) in [6.45, 7) is 8.50. The molecule has 0 saturated heterocycles. The Hall–Kier alpha value is -3.40. The van der Waals surface area contributed by atoms with Crippen LogP contribution in [0.4, 0.5) is 14.7 Å². The molecule has 4 aromatic rings. The van der Waals surface area contributed by atoms with Gasteiger partial charge in [0.05, 0.1) is 11.9 Å². The van der Waals surface area contributed by atoms with E-state index in [0.717, 1.165) is 5.13 Å². The van der Waals surface area contributed by atoms with Gasteiger partial charge < -0.3 is 4.90 Å². The molecule has 0 aliphatic heterocycles. The van der Waals surface area contributed by atoms with Crippen molar-refractivity contribution >= 4 is 38.5 Å². The van der Waals surface area contributed by atoms with E-state index in [2.05, 4.69) is 58.2 Å². The summed E-state index contributed by atoms with van der Waals surface area (Å²) in [7, 11) is 0. The number of nitrogens with zero attached hydrogens (tertiary/aromatic N) is 6. The molecule has 4 rings (SSSR count). The maximum absolute atomic E-state index is 14.2. The van der Waals surface area contributed by atoms with Crippen LogP contribution in [-0.2, 0) is 6.54 Å². The Balaban J connectivity index is 1.62. The van der Waals surface area contributed by atoms with Gasteiger partial charge in [-0.3, -0.25) is 10.1 Å². The van der Waals surface area contributed by atoms with E-state index in [0.29, 0.717) is 21.7 Å². The number of halogens is 1. The summed E-state index contributed by atoms with van der Waals surface area (Å²) in [5, 5.41) is 17.3. The Morgan fingerprint density at radius 2 is 1.88 bits per heavy atom. The number of fused-ring (bicyclic) bond motifs is 1. The van der Waals surface area contributed by atoms with Gasteiger partial charge in [0.2, 0.25) is 10.3 Å². The van der Waals surface area contributed by atoms with Crippen molar-refractivity contribution in [3.8, 4) is 0 Å². The van der Waals surface area contributed by atoms with Crippen LogP contribution in [0.1, 0.15) is 43.7 Å². The van der Waals surface area contributed by atoms with Gasteiger partial charge >= 0.3 is 0 Å². The van der Waals surface area contributed by atoms with E-state index < -0.39 is 5.91 Å². The number of nitrogens with one attached hydrogen (secondary N) is 1. The molecule has 0 aliphatic carbocycles. The van der Waals surface area contributed by atoms with Crippen molar-refractivity contribution < 1.29 is 9.18 Å². The van der Waals surface area contributed by atoms with Crippen LogP contribution in [0.25, 0.3) is 11.0 Å². The second-order valence-corrected chi connectivity index (χ2v) is 8.87. The van der Waals surface area contributed by atoms with Gasteiger partial charge in [-0.15, -0.1) is 10.2 Å². The molecule has 8 nitrogen and oxygen atoms in total. The fraction of sp³-hybridized carbons (Fsp3) is 0.318. The van der Waals surface area contributed by atoms with Crippen molar-refractivity contribution in [3.05, 3.63) is 59.7 Å². The smallest absolute Gasteiger partial charge is 0.278 e. The summed E-state index contributed by atoms with van der Waals surface area (Å²) in [6.07, 6.45) is 1.62. The first kappa shape index (κ1) is 21.8. The molecule has 0 radical (unpaired) electrons. The highest BCUT2D eigenvalue weighted by atomic mass is 32.1. The van der Waals surface area contributed by atoms with Crippen molar-refractivity contribution in [2.75, 3.05) is 10.2 Å². The van der Waals surface area contributed by atoms with Gasteiger partial charge in [0, 0.05) is 23.8 Å². The van der Waals surface area contributed by atoms with Gasteiger partial charge in [-0.2, -0.15) is 5.10 Å². The molecule has 166 valence electrons. The maximum Gasteiger partial charge on any atom is 0.278 e. The molecule has 1 amide bonds. The van der Waals surface area contributed by atoms with Crippen molar-refractivity contribution in [1.29, 1.82) is 0 Å². The van der Waals surface area contributed by atoms with Gasteiger partial charge in [-0.25, -0.2) is 14.1 Å². The van der Waals surface area contributed by atoms with Crippen LogP contribution in [0, 0.1) is 5.82 Å². The molecule has 3 aromatic heterocycles. The molecule has 1 N–H and O–H groups in total. The summed E-state index contributed by atoms with van der Waals surface area (Å²) in [6, 6.07) is 10.5. The number of benzene rings is 1. The number of amides is 1. The van der Waals surface area contributed by atoms with Gasteiger partial charge in [-0.1, -0.05) is 29.5 Å². The Labute approximate surface area is 189 Å². The summed E-state index contributed by atoms with van der Waals surface area (Å²) < 4.78 is 15.7. The fourth-order valence-electron chi connectivity index (χ4n) is 3.64. The lowest BCUT2D eigenvalue weighted by molar-refractivity contribution is 0.102. The van der Waals surface area contributed by atoms with E-state index in [1.165, 1.54) is 22.1 Å². The second-order valence-electron chi connectivity index (χ2n) is 7.91. The predicted octanol–water partition coefficient (Wildman–Crippen LogP) is 4.35. The number of pyridine rings is 1. The van der Waals surface area contributed by atoms with E-state index in [-0.39, 0.29) is 30.1 Å². The first-order valence-electron chi connectivity index (χ1n) is 10.3. The zero-order chi connectivity index (χ0) is 22.8. The standard InChI is InChI=1S/C22H24FN7OS/c1-13(2)30(14(3)4)22-27-26-21(32-22)25-20(31)18-16-9-7-11-24-19(16)29(28-18)12-15-8-5-6-10-17(15)23/h5-11,13-14H,12H2,1-4H3,(H,25,26,31). The van der Waals surface area contributed by atoms with Gasteiger partial charge in [-0.05, 0) is 45.9 Å². The zero-order valence-corrected chi connectivity index (χ0v) is 19.1. The number of hydrogen-bond donors (Lipinski definition) is 1. The molecule has 0 saturated carbocycles. The van der Waals surface area contributed by atoms with E-state index >= 15 is 0 Å². The van der Waals surface area contributed by atoms with Gasteiger partial charge in [0.25, 0.3) is 5.91 Å². The van der Waals surface area contributed by atoms with Crippen LogP contribution >= 0.6 is 11.3 Å². The van der Waals surface area contributed by atoms with Crippen molar-refractivity contribution in [2.24, 2.45) is 0 Å². The monoisotopic (exact) mass is 453 g/mol. The molecule has 0 atom stereocenters. The molecule has 0 fully saturated rings. The van der Waals surface area contributed by atoms with Crippen LogP contribution in [0.15, 0.2) is 42.6 Å². The molecule has 3 heterocycles. The highest BCUT2D eigenvalue weighted by molar-refractivity contribution is 7.19. The van der Waals surface area contributed by atoms with E-state index in [4.69, 9.17) is 0 Å². The number of aromatic nitrogens is 5. The van der Waals surface area contributed by atoms with Crippen molar-refractivity contribution in [3.63, 3.8) is 0 Å². The topological polar surface area (TPSA) is 88.8 Å². The minimum atomic E-state index is -0.418. The highest BCUT2D eigenvalue weighted by Gasteiger charge is 2.22. The number of anilines is 2. The number of carbonyl (C=O) groups is 1. The molecule has 32 heavy (non-hydrogen) atoms. The summed E-state index contributed by atoms with van der Waals surface area (Å²) >= 11 is 1.31. The predicted molar refractivity (Wildman–Crippen MR) is 124 cm³/mol. The molecular formula is C22H24FN7OS. The van der Waals surface area contributed by atoms with Crippen LogP contribution in [0.2, 0.25) is 0 Å². The Morgan fingerprint density at radius 1 is 1.12 bits per heavy atom. The molecule has 0 spiro atoms. The second kappa shape index (κ2) is 8.99. The fourth-order valence-corrected chi connectivity index (χ4v) is 4.65. The third-order valence-electron chi connectivity index (χ3n) is 4.97. The average Bonchev–Trinajstić information content (AvgIpc) is 3.34. The maximum atomic E-state index is 14.2. The van der Waals surface area contributed by atoms with E-state index in [1.54, 1.807) is 36.5 Å². The van der Waals surface area contributed by atoms with Crippen LogP contribution in [0.5, 0.6) is 0 Å². The first-order valence-corrected chi connectivity index (χ1v) is 11.1. The van der Waals surface area contributed by atoms with E-state index in [1.807, 2.05) is 0 Å². The first-order chi connectivity index (χ1) is 15.3. The number of rotatable bonds is 7. The number of carbonyl (C=O) groups excluding carboxylic acids is 1. The molecular weight excluding hydrogens is 429 g/mol. The van der Waals surface area contributed by atoms with Crippen LogP contribution in [0.3, 0.4) is 0 Å². The third kappa shape index (κ3) is 4.31. The van der Waals surface area contributed by atoms with E-state index in [9.17, 15) is 9.18 Å². The zero-order valence-electron chi connectivity index (χ0n) is 18.3. The summed E-state index contributed by atoms with van der Waals surface area (Å²) in [5.41, 5.74) is 1.17. The minimum Gasteiger partial charge on any atom is -0.342 e. The largest absolute Gasteiger partial charge is 0.342 e. The molecule has 0 unspecified atom stereocenters. The lowest BCUT2D eigenvalue weighted by Crippen LogP contribution is -2.36. The molecule has 0 aliphatic rings. The summed E-state index contributed by atoms with van der Waals surface area (Å²) in [4.78, 5) is 19.5. The van der Waals surface area contributed by atoms with Crippen LogP contribution in [-0.4, -0.2) is 43.0 Å². The Kier molecular flexibility index (Phi) is 6.13. The summed E-state index contributed by atoms with van der Waals surface area (Å²) in [5.74, 6) is -0.752. The lowest BCUT2D eigenvalue weighted by atomic mass is 10.2. The minimum absolute atomic E-state index is 0.161. The third-order valence-corrected chi connectivity index (χ3v) is 5.82. The SMILES string of the molecule is CC(C)N(c1nnc(NC(=O)c2nn(Cc3ccccc3F)c3ncccc23)s1)C(C)C. The average molecular weight is 454 g/mol. The Morgan fingerprint density at radius 3 is 2.59 bits per heavy atom. The van der Waals surface area contributed by atoms with Crippen molar-refractivity contribution in [2.45, 2.75) is 46.3 Å². The molecule has 10 heteroatoms. The molecule has 0 bridgehead atoms. The number of hydrogen-bond acceptors (Lipinski definition) is 7. The van der Waals surface area contributed by atoms with Gasteiger partial charge in [0.15, 0.2) is 11.3 Å².